The van der Waals surface area contributed by atoms with Crippen LogP contribution in [0, 0.1) is 5.92 Å². The van der Waals surface area contributed by atoms with Crippen molar-refractivity contribution in [3.8, 4) is 17.5 Å². The smallest absolute Gasteiger partial charge is 0.321 e. The lowest BCUT2D eigenvalue weighted by molar-refractivity contribution is -0.123. The summed E-state index contributed by atoms with van der Waals surface area (Å²) in [5.41, 5.74) is 0. The molecule has 0 atom stereocenters. The number of carbonyl (C=O) groups is 1. The van der Waals surface area contributed by atoms with E-state index in [1.165, 1.54) is 0 Å². The molecule has 0 spiro atoms. The van der Waals surface area contributed by atoms with Gasteiger partial charge in [0.1, 0.15) is 11.5 Å². The highest BCUT2D eigenvalue weighted by Gasteiger charge is 2.05. The lowest BCUT2D eigenvalue weighted by atomic mass is 10.2. The van der Waals surface area contributed by atoms with Crippen LogP contribution in [-0.4, -0.2) is 29.0 Å². The largest absolute Gasteiger partial charge is 0.484 e. The van der Waals surface area contributed by atoms with Gasteiger partial charge in [0.2, 0.25) is 0 Å². The second-order valence-electron chi connectivity index (χ2n) is 5.09. The zero-order valence-corrected chi connectivity index (χ0v) is 12.7. The van der Waals surface area contributed by atoms with Crippen LogP contribution in [0.2, 0.25) is 0 Å². The fourth-order valence-electron chi connectivity index (χ4n) is 1.59. The fraction of sp³-hybridized carbons (Fsp3) is 0.312. The van der Waals surface area contributed by atoms with Crippen molar-refractivity contribution in [3.05, 3.63) is 42.7 Å². The Morgan fingerprint density at radius 1 is 1.18 bits per heavy atom. The van der Waals surface area contributed by atoms with Crippen molar-refractivity contribution in [2.24, 2.45) is 5.92 Å². The fourth-order valence-corrected chi connectivity index (χ4v) is 1.59. The van der Waals surface area contributed by atoms with Crippen LogP contribution in [0.4, 0.5) is 0 Å². The zero-order chi connectivity index (χ0) is 15.8. The quantitative estimate of drug-likeness (QED) is 0.850. The highest BCUT2D eigenvalue weighted by Crippen LogP contribution is 2.22. The molecule has 6 heteroatoms. The first kappa shape index (κ1) is 15.8. The van der Waals surface area contributed by atoms with Crippen LogP contribution in [0.3, 0.4) is 0 Å². The number of rotatable bonds is 7. The Morgan fingerprint density at radius 3 is 2.64 bits per heavy atom. The monoisotopic (exact) mass is 301 g/mol. The van der Waals surface area contributed by atoms with Crippen molar-refractivity contribution in [2.45, 2.75) is 13.8 Å². The topological polar surface area (TPSA) is 73.3 Å². The van der Waals surface area contributed by atoms with E-state index in [1.54, 1.807) is 42.7 Å². The molecule has 0 radical (unpaired) electrons. The number of nitrogens with zero attached hydrogens (tertiary/aromatic N) is 2. The maximum Gasteiger partial charge on any atom is 0.321 e. The van der Waals surface area contributed by atoms with E-state index in [4.69, 9.17) is 9.47 Å². The van der Waals surface area contributed by atoms with Crippen LogP contribution < -0.4 is 14.8 Å². The van der Waals surface area contributed by atoms with Crippen LogP contribution >= 0.6 is 0 Å². The molecule has 2 aromatic rings. The third-order valence-corrected chi connectivity index (χ3v) is 2.63. The minimum atomic E-state index is -0.147. The number of ether oxygens (including phenoxy) is 2. The molecule has 1 heterocycles. The van der Waals surface area contributed by atoms with Crippen molar-refractivity contribution in [1.82, 2.24) is 15.3 Å². The molecule has 22 heavy (non-hydrogen) atoms. The summed E-state index contributed by atoms with van der Waals surface area (Å²) in [5, 5.41) is 2.79. The Morgan fingerprint density at radius 2 is 1.91 bits per heavy atom. The van der Waals surface area contributed by atoms with Gasteiger partial charge in [-0.15, -0.1) is 0 Å². The molecule has 0 fully saturated rings. The normalized spacial score (nSPS) is 10.3. The van der Waals surface area contributed by atoms with Crippen molar-refractivity contribution in [3.63, 3.8) is 0 Å². The van der Waals surface area contributed by atoms with Crippen molar-refractivity contribution >= 4 is 5.91 Å². The Hall–Kier alpha value is -2.63. The number of hydrogen-bond acceptors (Lipinski definition) is 5. The van der Waals surface area contributed by atoms with E-state index in [0.29, 0.717) is 24.0 Å². The minimum Gasteiger partial charge on any atom is -0.484 e. The second-order valence-corrected chi connectivity index (χ2v) is 5.09. The van der Waals surface area contributed by atoms with Gasteiger partial charge in [0.05, 0.1) is 0 Å². The average Bonchev–Trinajstić information content (AvgIpc) is 2.52. The molecule has 1 amide bonds. The number of carbonyl (C=O) groups excluding carboxylic acids is 1. The maximum atomic E-state index is 11.6. The summed E-state index contributed by atoms with van der Waals surface area (Å²) in [5.74, 6) is 1.36. The maximum absolute atomic E-state index is 11.6. The highest BCUT2D eigenvalue weighted by atomic mass is 16.5. The number of nitrogens with one attached hydrogen (secondary N) is 1. The standard InChI is InChI=1S/C16H19N3O3/c1-12(2)10-19-15(20)11-21-13-5-3-6-14(9-13)22-16-17-7-4-8-18-16/h3-9,12H,10-11H2,1-2H3,(H,19,20). The van der Waals surface area contributed by atoms with Crippen molar-refractivity contribution in [1.29, 1.82) is 0 Å². The summed E-state index contributed by atoms with van der Waals surface area (Å²) in [4.78, 5) is 19.6. The molecule has 1 N–H and O–H groups in total. The van der Waals surface area contributed by atoms with Gasteiger partial charge >= 0.3 is 6.01 Å². The molecule has 0 bridgehead atoms. The summed E-state index contributed by atoms with van der Waals surface area (Å²) >= 11 is 0. The SMILES string of the molecule is CC(C)CNC(=O)COc1cccc(Oc2ncccn2)c1. The van der Waals surface area contributed by atoms with Gasteiger partial charge < -0.3 is 14.8 Å². The van der Waals surface area contributed by atoms with Crippen LogP contribution in [-0.2, 0) is 4.79 Å². The van der Waals surface area contributed by atoms with Gasteiger partial charge in [0.25, 0.3) is 5.91 Å². The molecular weight excluding hydrogens is 282 g/mol. The minimum absolute atomic E-state index is 0.0298. The number of aromatic nitrogens is 2. The third-order valence-electron chi connectivity index (χ3n) is 2.63. The first-order chi connectivity index (χ1) is 10.6. The molecule has 0 saturated heterocycles. The molecule has 1 aromatic heterocycles. The van der Waals surface area contributed by atoms with Crippen molar-refractivity contribution in [2.75, 3.05) is 13.2 Å². The van der Waals surface area contributed by atoms with Crippen LogP contribution in [0.15, 0.2) is 42.7 Å². The summed E-state index contributed by atoms with van der Waals surface area (Å²) in [6, 6.07) is 8.96. The van der Waals surface area contributed by atoms with Gasteiger partial charge in [-0.3, -0.25) is 4.79 Å². The number of amides is 1. The van der Waals surface area contributed by atoms with E-state index in [9.17, 15) is 4.79 Å². The number of hydrogen-bond donors (Lipinski definition) is 1. The van der Waals surface area contributed by atoms with Crippen LogP contribution in [0.25, 0.3) is 0 Å². The molecule has 116 valence electrons. The summed E-state index contributed by atoms with van der Waals surface area (Å²) in [7, 11) is 0. The molecule has 0 aliphatic heterocycles. The average molecular weight is 301 g/mol. The summed E-state index contributed by atoms with van der Waals surface area (Å²) in [6.07, 6.45) is 3.20. The predicted octanol–water partition coefficient (Wildman–Crippen LogP) is 2.42. The van der Waals surface area contributed by atoms with Crippen LogP contribution in [0.5, 0.6) is 17.5 Å². The van der Waals surface area contributed by atoms with E-state index < -0.39 is 0 Å². The molecule has 0 aliphatic rings. The van der Waals surface area contributed by atoms with Crippen LogP contribution in [0.1, 0.15) is 13.8 Å². The van der Waals surface area contributed by atoms with E-state index >= 15 is 0 Å². The Labute approximate surface area is 129 Å². The van der Waals surface area contributed by atoms with E-state index in [0.717, 1.165) is 0 Å². The number of benzene rings is 1. The zero-order valence-electron chi connectivity index (χ0n) is 12.7. The molecule has 6 nitrogen and oxygen atoms in total. The van der Waals surface area contributed by atoms with Gasteiger partial charge in [0.15, 0.2) is 6.61 Å². The molecule has 1 aromatic carbocycles. The van der Waals surface area contributed by atoms with Gasteiger partial charge in [-0.2, -0.15) is 0 Å². The summed E-state index contributed by atoms with van der Waals surface area (Å²) in [6.45, 7) is 4.68. The second kappa shape index (κ2) is 7.97. The lowest BCUT2D eigenvalue weighted by Gasteiger charge is -2.10. The first-order valence-corrected chi connectivity index (χ1v) is 7.08. The molecule has 0 unspecified atom stereocenters. The van der Waals surface area contributed by atoms with Gasteiger partial charge in [-0.25, -0.2) is 9.97 Å². The van der Waals surface area contributed by atoms with Gasteiger partial charge in [0, 0.05) is 25.0 Å². The van der Waals surface area contributed by atoms with Crippen molar-refractivity contribution < 1.29 is 14.3 Å². The Bertz CT molecular complexity index is 603. The summed E-state index contributed by atoms with van der Waals surface area (Å²) < 4.78 is 10.9. The lowest BCUT2D eigenvalue weighted by Crippen LogP contribution is -2.31. The predicted molar refractivity (Wildman–Crippen MR) is 81.9 cm³/mol. The van der Waals surface area contributed by atoms with E-state index in [1.807, 2.05) is 13.8 Å². The third kappa shape index (κ3) is 5.40. The van der Waals surface area contributed by atoms with E-state index in [2.05, 4.69) is 15.3 Å². The highest BCUT2D eigenvalue weighted by molar-refractivity contribution is 5.77. The molecule has 0 aliphatic carbocycles. The Kier molecular flexibility index (Phi) is 5.71. The molecular formula is C16H19N3O3. The van der Waals surface area contributed by atoms with E-state index in [-0.39, 0.29) is 18.5 Å². The van der Waals surface area contributed by atoms with Gasteiger partial charge in [-0.05, 0) is 24.1 Å². The Balaban J connectivity index is 1.87. The molecule has 0 saturated carbocycles. The first-order valence-electron chi connectivity index (χ1n) is 7.08. The van der Waals surface area contributed by atoms with Gasteiger partial charge in [-0.1, -0.05) is 19.9 Å². The molecule has 2 rings (SSSR count).